The topological polar surface area (TPSA) is 72.6 Å². The average Bonchev–Trinajstić information content (AvgIpc) is 2.26. The first-order valence-electron chi connectivity index (χ1n) is 6.29. The summed E-state index contributed by atoms with van der Waals surface area (Å²) in [6.07, 6.45) is 8.05. The lowest BCUT2D eigenvalue weighted by Gasteiger charge is -2.27. The molecule has 0 heterocycles. The number of carbonyl (C=O) groups is 1. The molecule has 0 atom stereocenters. The Balaban J connectivity index is 2.05. The number of nitrogens with two attached hydrogens (primary N) is 1. The highest BCUT2D eigenvalue weighted by Gasteiger charge is 2.22. The van der Waals surface area contributed by atoms with Gasteiger partial charge in [0.05, 0.1) is 0 Å². The lowest BCUT2D eigenvalue weighted by atomic mass is 9.84. The number of rotatable bonds is 6. The highest BCUT2D eigenvalue weighted by Crippen LogP contribution is 2.29. The minimum Gasteiger partial charge on any atom is -0.446 e. The predicted octanol–water partition coefficient (Wildman–Crippen LogP) is 2.19. The van der Waals surface area contributed by atoms with Gasteiger partial charge in [-0.3, -0.25) is 0 Å². The minimum atomic E-state index is -0.647. The molecule has 0 aromatic rings. The second-order valence-electron chi connectivity index (χ2n) is 4.65. The van der Waals surface area contributed by atoms with Gasteiger partial charge in [0, 0.05) is 6.61 Å². The summed E-state index contributed by atoms with van der Waals surface area (Å²) >= 11 is 0. The first-order chi connectivity index (χ1) is 7.72. The standard InChI is InChI=1S/C12H23NO3/c13-12(15)16-11-7-5-10(6-8-11)4-2-1-3-9-14/h10-11,14H,1-9H2,(H2,13,15). The number of aliphatic hydroxyl groups is 1. The molecule has 94 valence electrons. The number of hydrogen-bond acceptors (Lipinski definition) is 3. The molecule has 1 aliphatic carbocycles. The molecular formula is C12H23NO3. The average molecular weight is 229 g/mol. The van der Waals surface area contributed by atoms with Gasteiger partial charge in [0.2, 0.25) is 0 Å². The summed E-state index contributed by atoms with van der Waals surface area (Å²) in [5.41, 5.74) is 4.99. The third-order valence-electron chi connectivity index (χ3n) is 3.35. The highest BCUT2D eigenvalue weighted by molar-refractivity contribution is 5.64. The summed E-state index contributed by atoms with van der Waals surface area (Å²) in [5.74, 6) is 0.770. The molecule has 0 aliphatic heterocycles. The molecule has 1 aliphatic rings. The van der Waals surface area contributed by atoms with E-state index < -0.39 is 6.09 Å². The first-order valence-corrected chi connectivity index (χ1v) is 6.29. The Morgan fingerprint density at radius 3 is 2.44 bits per heavy atom. The summed E-state index contributed by atoms with van der Waals surface area (Å²) in [4.78, 5) is 10.6. The molecule has 1 amide bonds. The van der Waals surface area contributed by atoms with Crippen molar-refractivity contribution >= 4 is 6.09 Å². The van der Waals surface area contributed by atoms with Gasteiger partial charge in [-0.25, -0.2) is 4.79 Å². The number of hydrogen-bond donors (Lipinski definition) is 2. The molecule has 0 saturated heterocycles. The first kappa shape index (κ1) is 13.3. The van der Waals surface area contributed by atoms with Crippen LogP contribution in [0.25, 0.3) is 0 Å². The Labute approximate surface area is 97.2 Å². The van der Waals surface area contributed by atoms with E-state index in [0.29, 0.717) is 6.61 Å². The number of ether oxygens (including phenoxy) is 1. The predicted molar refractivity (Wildman–Crippen MR) is 62.0 cm³/mol. The molecule has 0 aromatic heterocycles. The maximum Gasteiger partial charge on any atom is 0.404 e. The van der Waals surface area contributed by atoms with Crippen LogP contribution in [0, 0.1) is 5.92 Å². The smallest absolute Gasteiger partial charge is 0.404 e. The largest absolute Gasteiger partial charge is 0.446 e. The molecule has 3 N–H and O–H groups in total. The Morgan fingerprint density at radius 1 is 1.19 bits per heavy atom. The zero-order valence-electron chi connectivity index (χ0n) is 9.86. The van der Waals surface area contributed by atoms with Gasteiger partial charge in [0.1, 0.15) is 6.10 Å². The van der Waals surface area contributed by atoms with Crippen molar-refractivity contribution in [1.82, 2.24) is 0 Å². The van der Waals surface area contributed by atoms with Crippen molar-refractivity contribution in [2.45, 2.75) is 57.5 Å². The molecule has 0 bridgehead atoms. The fourth-order valence-corrected chi connectivity index (χ4v) is 2.42. The van der Waals surface area contributed by atoms with Gasteiger partial charge in [-0.1, -0.05) is 19.3 Å². The van der Waals surface area contributed by atoms with Crippen LogP contribution in [0.5, 0.6) is 0 Å². The quantitative estimate of drug-likeness (QED) is 0.686. The van der Waals surface area contributed by atoms with Crippen LogP contribution in [-0.2, 0) is 4.74 Å². The van der Waals surface area contributed by atoms with E-state index in [2.05, 4.69) is 0 Å². The molecule has 0 aromatic carbocycles. The van der Waals surface area contributed by atoms with Crippen LogP contribution in [0.15, 0.2) is 0 Å². The molecular weight excluding hydrogens is 206 g/mol. The van der Waals surface area contributed by atoms with E-state index in [-0.39, 0.29) is 6.10 Å². The lowest BCUT2D eigenvalue weighted by Crippen LogP contribution is -2.27. The second kappa shape index (κ2) is 7.49. The normalized spacial score (nSPS) is 25.3. The molecule has 1 fully saturated rings. The van der Waals surface area contributed by atoms with Crippen molar-refractivity contribution in [3.8, 4) is 0 Å². The maximum atomic E-state index is 10.6. The SMILES string of the molecule is NC(=O)OC1CCC(CCCCCO)CC1. The molecule has 16 heavy (non-hydrogen) atoms. The second-order valence-corrected chi connectivity index (χ2v) is 4.65. The number of aliphatic hydroxyl groups excluding tert-OH is 1. The molecule has 0 radical (unpaired) electrons. The molecule has 0 unspecified atom stereocenters. The Hall–Kier alpha value is -0.770. The minimum absolute atomic E-state index is 0.0474. The number of primary amides is 1. The van der Waals surface area contributed by atoms with E-state index in [1.807, 2.05) is 0 Å². The van der Waals surface area contributed by atoms with Crippen LogP contribution < -0.4 is 5.73 Å². The fourth-order valence-electron chi connectivity index (χ4n) is 2.42. The molecule has 1 saturated carbocycles. The summed E-state index contributed by atoms with van der Waals surface area (Å²) in [7, 11) is 0. The summed E-state index contributed by atoms with van der Waals surface area (Å²) in [6.45, 7) is 0.305. The zero-order valence-corrected chi connectivity index (χ0v) is 9.86. The van der Waals surface area contributed by atoms with Crippen LogP contribution in [0.1, 0.15) is 51.4 Å². The van der Waals surface area contributed by atoms with E-state index in [9.17, 15) is 4.79 Å². The molecule has 0 spiro atoms. The van der Waals surface area contributed by atoms with Gasteiger partial charge < -0.3 is 15.6 Å². The monoisotopic (exact) mass is 229 g/mol. The van der Waals surface area contributed by atoms with E-state index >= 15 is 0 Å². The zero-order chi connectivity index (χ0) is 11.8. The number of amides is 1. The fraction of sp³-hybridized carbons (Fsp3) is 0.917. The van der Waals surface area contributed by atoms with Crippen molar-refractivity contribution in [2.24, 2.45) is 11.7 Å². The Morgan fingerprint density at radius 2 is 1.88 bits per heavy atom. The summed E-state index contributed by atoms with van der Waals surface area (Å²) < 4.78 is 4.99. The van der Waals surface area contributed by atoms with Crippen molar-refractivity contribution in [2.75, 3.05) is 6.61 Å². The van der Waals surface area contributed by atoms with E-state index in [0.717, 1.165) is 44.4 Å². The molecule has 1 rings (SSSR count). The van der Waals surface area contributed by atoms with Crippen LogP contribution in [0.4, 0.5) is 4.79 Å². The lowest BCUT2D eigenvalue weighted by molar-refractivity contribution is 0.0695. The van der Waals surface area contributed by atoms with E-state index in [1.165, 1.54) is 12.8 Å². The van der Waals surface area contributed by atoms with Crippen LogP contribution in [0.3, 0.4) is 0 Å². The van der Waals surface area contributed by atoms with E-state index in [4.69, 9.17) is 15.6 Å². The molecule has 4 heteroatoms. The van der Waals surface area contributed by atoms with Gasteiger partial charge in [-0.15, -0.1) is 0 Å². The van der Waals surface area contributed by atoms with Gasteiger partial charge in [0.15, 0.2) is 0 Å². The summed E-state index contributed by atoms with van der Waals surface area (Å²) in [5, 5.41) is 8.66. The highest BCUT2D eigenvalue weighted by atomic mass is 16.6. The number of carbonyl (C=O) groups excluding carboxylic acids is 1. The van der Waals surface area contributed by atoms with Crippen LogP contribution in [-0.4, -0.2) is 23.9 Å². The Bertz CT molecular complexity index is 200. The van der Waals surface area contributed by atoms with E-state index in [1.54, 1.807) is 0 Å². The van der Waals surface area contributed by atoms with Gasteiger partial charge in [-0.05, 0) is 38.0 Å². The Kier molecular flexibility index (Phi) is 6.23. The van der Waals surface area contributed by atoms with Crippen LogP contribution in [0.2, 0.25) is 0 Å². The molecule has 4 nitrogen and oxygen atoms in total. The van der Waals surface area contributed by atoms with Gasteiger partial charge >= 0.3 is 6.09 Å². The third-order valence-corrected chi connectivity index (χ3v) is 3.35. The van der Waals surface area contributed by atoms with Crippen molar-refractivity contribution < 1.29 is 14.6 Å². The van der Waals surface area contributed by atoms with Crippen molar-refractivity contribution in [3.63, 3.8) is 0 Å². The van der Waals surface area contributed by atoms with Crippen LogP contribution >= 0.6 is 0 Å². The maximum absolute atomic E-state index is 10.6. The van der Waals surface area contributed by atoms with Gasteiger partial charge in [-0.2, -0.15) is 0 Å². The third kappa shape index (κ3) is 5.35. The van der Waals surface area contributed by atoms with Gasteiger partial charge in [0.25, 0.3) is 0 Å². The summed E-state index contributed by atoms with van der Waals surface area (Å²) in [6, 6.07) is 0. The van der Waals surface area contributed by atoms with Crippen molar-refractivity contribution in [1.29, 1.82) is 0 Å². The number of unbranched alkanes of at least 4 members (excludes halogenated alkanes) is 2. The van der Waals surface area contributed by atoms with Crippen molar-refractivity contribution in [3.05, 3.63) is 0 Å².